The topological polar surface area (TPSA) is 20.3 Å². The molecule has 1 heterocycles. The van der Waals surface area contributed by atoms with Crippen LogP contribution in [0.1, 0.15) is 15.2 Å². The minimum Gasteiger partial charge on any atom is -0.378 e. The Morgan fingerprint density at radius 2 is 1.84 bits per heavy atom. The molecule has 0 aliphatic rings. The summed E-state index contributed by atoms with van der Waals surface area (Å²) in [5, 5.41) is 0. The van der Waals surface area contributed by atoms with E-state index in [1.54, 1.807) is 18.2 Å². The van der Waals surface area contributed by atoms with Crippen LogP contribution >= 0.6 is 22.9 Å². The van der Waals surface area contributed by atoms with Crippen LogP contribution < -0.4 is 4.90 Å². The van der Waals surface area contributed by atoms with E-state index in [0.29, 0.717) is 9.21 Å². The predicted octanol–water partition coefficient (Wildman–Crippen LogP) is 4.36. The SMILES string of the molecule is CN(C)c1ccc(/C=C/C(=O)c2ccc(Cl)s2)cc1. The zero-order valence-corrected chi connectivity index (χ0v) is 12.3. The van der Waals surface area contributed by atoms with Crippen LogP contribution in [0.4, 0.5) is 5.69 Å². The van der Waals surface area contributed by atoms with E-state index in [2.05, 4.69) is 0 Å². The highest BCUT2D eigenvalue weighted by Gasteiger charge is 2.04. The Bertz CT molecular complexity index is 599. The van der Waals surface area contributed by atoms with Crippen molar-refractivity contribution in [1.82, 2.24) is 0 Å². The van der Waals surface area contributed by atoms with Crippen LogP contribution in [0.3, 0.4) is 0 Å². The number of anilines is 1. The monoisotopic (exact) mass is 291 g/mol. The highest BCUT2D eigenvalue weighted by molar-refractivity contribution is 7.18. The fraction of sp³-hybridized carbons (Fsp3) is 0.133. The lowest BCUT2D eigenvalue weighted by molar-refractivity contribution is 0.105. The van der Waals surface area contributed by atoms with Crippen molar-refractivity contribution in [2.75, 3.05) is 19.0 Å². The van der Waals surface area contributed by atoms with E-state index in [1.165, 1.54) is 11.3 Å². The molecule has 1 aromatic heterocycles. The Kier molecular flexibility index (Phi) is 4.40. The van der Waals surface area contributed by atoms with Crippen molar-refractivity contribution in [3.05, 3.63) is 57.3 Å². The minimum atomic E-state index is -0.0198. The number of benzene rings is 1. The van der Waals surface area contributed by atoms with Crippen LogP contribution in [0.2, 0.25) is 4.34 Å². The molecule has 0 fully saturated rings. The van der Waals surface area contributed by atoms with Crippen molar-refractivity contribution in [3.63, 3.8) is 0 Å². The fourth-order valence-electron chi connectivity index (χ4n) is 1.58. The summed E-state index contributed by atoms with van der Waals surface area (Å²) in [5.74, 6) is -0.0198. The second-order valence-corrected chi connectivity index (χ2v) is 6.00. The number of hydrogen-bond donors (Lipinski definition) is 0. The molecule has 0 unspecified atom stereocenters. The van der Waals surface area contributed by atoms with Gasteiger partial charge in [0, 0.05) is 19.8 Å². The summed E-state index contributed by atoms with van der Waals surface area (Å²) >= 11 is 7.10. The number of rotatable bonds is 4. The molecule has 0 radical (unpaired) electrons. The molecule has 0 aliphatic heterocycles. The maximum atomic E-state index is 11.9. The average Bonchev–Trinajstić information content (AvgIpc) is 2.83. The van der Waals surface area contributed by atoms with Gasteiger partial charge in [0.2, 0.25) is 0 Å². The van der Waals surface area contributed by atoms with Crippen LogP contribution in [-0.2, 0) is 0 Å². The molecule has 19 heavy (non-hydrogen) atoms. The van der Waals surface area contributed by atoms with Gasteiger partial charge in [0.1, 0.15) is 0 Å². The van der Waals surface area contributed by atoms with Gasteiger partial charge in [0.25, 0.3) is 0 Å². The van der Waals surface area contributed by atoms with Gasteiger partial charge >= 0.3 is 0 Å². The van der Waals surface area contributed by atoms with Gasteiger partial charge < -0.3 is 4.90 Å². The Hall–Kier alpha value is -1.58. The Labute approximate surface area is 121 Å². The number of thiophene rings is 1. The van der Waals surface area contributed by atoms with Crippen LogP contribution in [0.25, 0.3) is 6.08 Å². The van der Waals surface area contributed by atoms with E-state index in [9.17, 15) is 4.79 Å². The van der Waals surface area contributed by atoms with E-state index in [-0.39, 0.29) is 5.78 Å². The molecular formula is C15H14ClNOS. The Balaban J connectivity index is 2.08. The molecular weight excluding hydrogens is 278 g/mol. The first kappa shape index (κ1) is 13.8. The molecule has 0 saturated carbocycles. The highest BCUT2D eigenvalue weighted by atomic mass is 35.5. The van der Waals surface area contributed by atoms with Crippen molar-refractivity contribution < 1.29 is 4.79 Å². The van der Waals surface area contributed by atoms with Gasteiger partial charge in [0.15, 0.2) is 5.78 Å². The lowest BCUT2D eigenvalue weighted by Crippen LogP contribution is -2.07. The molecule has 0 bridgehead atoms. The standard InChI is InChI=1S/C15H14ClNOS/c1-17(2)12-6-3-11(4-7-12)5-8-13(18)14-9-10-15(16)19-14/h3-10H,1-2H3/b8-5+. The zero-order valence-electron chi connectivity index (χ0n) is 10.8. The first-order valence-electron chi connectivity index (χ1n) is 5.81. The third-order valence-electron chi connectivity index (χ3n) is 2.65. The molecule has 2 nitrogen and oxygen atoms in total. The molecule has 0 saturated heterocycles. The third-order valence-corrected chi connectivity index (χ3v) is 3.90. The third kappa shape index (κ3) is 3.69. The molecule has 1 aromatic carbocycles. The maximum absolute atomic E-state index is 11.9. The molecule has 0 amide bonds. The second-order valence-electron chi connectivity index (χ2n) is 4.29. The fourth-order valence-corrected chi connectivity index (χ4v) is 2.55. The average molecular weight is 292 g/mol. The Morgan fingerprint density at radius 1 is 1.16 bits per heavy atom. The van der Waals surface area contributed by atoms with Crippen molar-refractivity contribution in [1.29, 1.82) is 0 Å². The summed E-state index contributed by atoms with van der Waals surface area (Å²) in [6.45, 7) is 0. The van der Waals surface area contributed by atoms with Gasteiger partial charge in [-0.15, -0.1) is 11.3 Å². The van der Waals surface area contributed by atoms with E-state index in [4.69, 9.17) is 11.6 Å². The van der Waals surface area contributed by atoms with Gasteiger partial charge in [-0.25, -0.2) is 0 Å². The van der Waals surface area contributed by atoms with Gasteiger partial charge in [0.05, 0.1) is 9.21 Å². The van der Waals surface area contributed by atoms with Crippen LogP contribution in [0.15, 0.2) is 42.5 Å². The lowest BCUT2D eigenvalue weighted by Gasteiger charge is -2.11. The number of halogens is 1. The molecule has 98 valence electrons. The molecule has 2 aromatic rings. The van der Waals surface area contributed by atoms with E-state index >= 15 is 0 Å². The summed E-state index contributed by atoms with van der Waals surface area (Å²) < 4.78 is 0.632. The number of carbonyl (C=O) groups excluding carboxylic acids is 1. The first-order chi connectivity index (χ1) is 9.06. The number of carbonyl (C=O) groups is 1. The number of allylic oxidation sites excluding steroid dienone is 1. The molecule has 2 rings (SSSR count). The molecule has 0 aliphatic carbocycles. The summed E-state index contributed by atoms with van der Waals surface area (Å²) in [4.78, 5) is 14.6. The lowest BCUT2D eigenvalue weighted by atomic mass is 10.1. The molecule has 0 atom stereocenters. The second kappa shape index (κ2) is 6.04. The minimum absolute atomic E-state index is 0.0198. The van der Waals surface area contributed by atoms with E-state index in [0.717, 1.165) is 11.3 Å². The number of hydrogen-bond acceptors (Lipinski definition) is 3. The summed E-state index contributed by atoms with van der Waals surface area (Å²) in [5.41, 5.74) is 2.13. The van der Waals surface area contributed by atoms with Gasteiger partial charge in [-0.2, -0.15) is 0 Å². The van der Waals surface area contributed by atoms with Gasteiger partial charge in [-0.1, -0.05) is 29.8 Å². The first-order valence-corrected chi connectivity index (χ1v) is 7.01. The largest absolute Gasteiger partial charge is 0.378 e. The van der Waals surface area contributed by atoms with Gasteiger partial charge in [-0.3, -0.25) is 4.79 Å². The van der Waals surface area contributed by atoms with Crippen molar-refractivity contribution in [2.24, 2.45) is 0 Å². The summed E-state index contributed by atoms with van der Waals surface area (Å²) in [6, 6.07) is 11.5. The molecule has 0 spiro atoms. The smallest absolute Gasteiger partial charge is 0.195 e. The quantitative estimate of drug-likeness (QED) is 0.616. The van der Waals surface area contributed by atoms with E-state index < -0.39 is 0 Å². The molecule has 0 N–H and O–H groups in total. The van der Waals surface area contributed by atoms with Crippen LogP contribution in [0.5, 0.6) is 0 Å². The number of ketones is 1. The number of nitrogens with zero attached hydrogens (tertiary/aromatic N) is 1. The van der Waals surface area contributed by atoms with Crippen LogP contribution in [-0.4, -0.2) is 19.9 Å². The molecule has 4 heteroatoms. The normalized spacial score (nSPS) is 10.9. The Morgan fingerprint density at radius 3 is 2.37 bits per heavy atom. The van der Waals surface area contributed by atoms with Gasteiger partial charge in [-0.05, 0) is 35.9 Å². The van der Waals surface area contributed by atoms with E-state index in [1.807, 2.05) is 49.3 Å². The van der Waals surface area contributed by atoms with Crippen molar-refractivity contribution in [3.8, 4) is 0 Å². The summed E-state index contributed by atoms with van der Waals surface area (Å²) in [6.07, 6.45) is 3.39. The zero-order chi connectivity index (χ0) is 13.8. The maximum Gasteiger partial charge on any atom is 0.195 e. The highest BCUT2D eigenvalue weighted by Crippen LogP contribution is 2.22. The predicted molar refractivity (Wildman–Crippen MR) is 83.5 cm³/mol. The summed E-state index contributed by atoms with van der Waals surface area (Å²) in [7, 11) is 3.99. The van der Waals surface area contributed by atoms with Crippen molar-refractivity contribution in [2.45, 2.75) is 0 Å². The van der Waals surface area contributed by atoms with Crippen LogP contribution in [0, 0.1) is 0 Å². The van der Waals surface area contributed by atoms with Crippen molar-refractivity contribution >= 4 is 40.5 Å².